The number of carbonyl (C=O) groups is 1. The number of anilines is 1. The second kappa shape index (κ2) is 9.79. The average molecular weight is 483 g/mol. The Morgan fingerprint density at radius 3 is 2.76 bits per heavy atom. The van der Waals surface area contributed by atoms with E-state index in [4.69, 9.17) is 15.2 Å². The first-order valence-electron chi connectivity index (χ1n) is 10.3. The van der Waals surface area contributed by atoms with Crippen molar-refractivity contribution in [2.75, 3.05) is 32.1 Å². The number of nitrogens with one attached hydrogen (secondary N) is 1. The van der Waals surface area contributed by atoms with E-state index >= 15 is 4.39 Å². The van der Waals surface area contributed by atoms with Crippen molar-refractivity contribution in [3.8, 4) is 5.88 Å². The zero-order valence-corrected chi connectivity index (χ0v) is 17.7. The monoisotopic (exact) mass is 483 g/mol. The summed E-state index contributed by atoms with van der Waals surface area (Å²) >= 11 is 0. The maximum atomic E-state index is 15.0. The van der Waals surface area contributed by atoms with Crippen molar-refractivity contribution >= 4 is 17.6 Å². The topological polar surface area (TPSA) is 121 Å². The molecule has 4 atom stereocenters. The van der Waals surface area contributed by atoms with E-state index in [-0.39, 0.29) is 41.9 Å². The quantitative estimate of drug-likeness (QED) is 0.581. The Balaban J connectivity index is 1.68. The van der Waals surface area contributed by atoms with Crippen LogP contribution in [0.25, 0.3) is 0 Å². The minimum atomic E-state index is -1.93. The zero-order valence-electron chi connectivity index (χ0n) is 17.7. The molecule has 0 unspecified atom stereocenters. The van der Waals surface area contributed by atoms with Crippen molar-refractivity contribution in [3.05, 3.63) is 47.7 Å². The standard InChI is InChI=1S/C21H21F4N5O4/c22-6-16-18-15(3-4-32-16)34-20(26)30-21(18,9-23)12-5-11(1-2-13(12)25)29-19(31)14-7-28-17(8-27-14)33-10-24/h1-2,5,7-8,15-16,18H,3-4,6,9-10H2,(H2,26,30)(H,29,31)/t15-,16+,18-,21-/m1/s1. The lowest BCUT2D eigenvalue weighted by molar-refractivity contribution is -0.134. The third-order valence-corrected chi connectivity index (χ3v) is 5.78. The molecule has 1 aromatic carbocycles. The number of fused-ring (bicyclic) bond motifs is 1. The van der Waals surface area contributed by atoms with Crippen LogP contribution in [-0.2, 0) is 15.0 Å². The number of rotatable bonds is 7. The van der Waals surface area contributed by atoms with Crippen LogP contribution in [0.4, 0.5) is 23.2 Å². The number of nitrogens with two attached hydrogens (primary N) is 1. The molecular formula is C21H21F4N5O4. The molecule has 0 aliphatic carbocycles. The molecule has 9 nitrogen and oxygen atoms in total. The molecule has 2 aliphatic rings. The zero-order chi connectivity index (χ0) is 24.3. The van der Waals surface area contributed by atoms with Crippen LogP contribution in [0.2, 0.25) is 0 Å². The maximum absolute atomic E-state index is 15.0. The maximum Gasteiger partial charge on any atom is 0.283 e. The number of hydrogen-bond donors (Lipinski definition) is 2. The van der Waals surface area contributed by atoms with E-state index in [9.17, 15) is 18.0 Å². The van der Waals surface area contributed by atoms with Gasteiger partial charge in [-0.05, 0) is 18.2 Å². The molecule has 0 saturated carbocycles. The number of hydrogen-bond acceptors (Lipinski definition) is 8. The van der Waals surface area contributed by atoms with Gasteiger partial charge in [-0.3, -0.25) is 4.79 Å². The summed E-state index contributed by atoms with van der Waals surface area (Å²) in [5.74, 6) is -2.67. The fourth-order valence-electron chi connectivity index (χ4n) is 4.32. The van der Waals surface area contributed by atoms with Crippen LogP contribution in [0.15, 0.2) is 35.6 Å². The Morgan fingerprint density at radius 2 is 2.09 bits per heavy atom. The van der Waals surface area contributed by atoms with Crippen molar-refractivity contribution in [2.45, 2.75) is 24.2 Å². The summed E-state index contributed by atoms with van der Waals surface area (Å²) in [6.07, 6.45) is 0.582. The summed E-state index contributed by atoms with van der Waals surface area (Å²) in [6.45, 7) is -3.11. The van der Waals surface area contributed by atoms with Gasteiger partial charge >= 0.3 is 0 Å². The fraction of sp³-hybridized carbons (Fsp3) is 0.429. The lowest BCUT2D eigenvalue weighted by atomic mass is 9.71. The van der Waals surface area contributed by atoms with Gasteiger partial charge in [-0.15, -0.1) is 0 Å². The first-order valence-corrected chi connectivity index (χ1v) is 10.3. The van der Waals surface area contributed by atoms with Gasteiger partial charge in [-0.2, -0.15) is 0 Å². The van der Waals surface area contributed by atoms with Gasteiger partial charge in [-0.1, -0.05) is 0 Å². The highest BCUT2D eigenvalue weighted by atomic mass is 19.1. The van der Waals surface area contributed by atoms with Crippen LogP contribution in [0, 0.1) is 11.7 Å². The molecular weight excluding hydrogens is 462 g/mol. The Morgan fingerprint density at radius 1 is 1.26 bits per heavy atom. The van der Waals surface area contributed by atoms with Crippen LogP contribution in [-0.4, -0.2) is 60.9 Å². The molecule has 2 aliphatic heterocycles. The Kier molecular flexibility index (Phi) is 6.82. The number of carbonyl (C=O) groups excluding carboxylic acids is 1. The summed E-state index contributed by atoms with van der Waals surface area (Å²) in [6, 6.07) is 3.13. The molecule has 1 saturated heterocycles. The molecule has 2 aromatic rings. The minimum absolute atomic E-state index is 0.0884. The van der Waals surface area contributed by atoms with E-state index in [2.05, 4.69) is 25.0 Å². The first-order chi connectivity index (χ1) is 16.4. The van der Waals surface area contributed by atoms with Gasteiger partial charge in [0, 0.05) is 17.7 Å². The summed E-state index contributed by atoms with van der Waals surface area (Å²) in [5.41, 5.74) is 3.56. The molecule has 1 amide bonds. The number of nitrogens with zero attached hydrogens (tertiary/aromatic N) is 3. The highest BCUT2D eigenvalue weighted by Gasteiger charge is 2.55. The van der Waals surface area contributed by atoms with Crippen molar-refractivity contribution < 1.29 is 36.6 Å². The molecule has 0 bridgehead atoms. The third kappa shape index (κ3) is 4.34. The van der Waals surface area contributed by atoms with Gasteiger partial charge in [0.2, 0.25) is 12.7 Å². The molecule has 1 fully saturated rings. The first kappa shape index (κ1) is 23.7. The predicted molar refractivity (Wildman–Crippen MR) is 111 cm³/mol. The van der Waals surface area contributed by atoms with Crippen LogP contribution in [0.3, 0.4) is 0 Å². The van der Waals surface area contributed by atoms with E-state index in [0.29, 0.717) is 0 Å². The molecule has 1 aromatic heterocycles. The lowest BCUT2D eigenvalue weighted by Gasteiger charge is -2.48. The largest absolute Gasteiger partial charge is 0.462 e. The van der Waals surface area contributed by atoms with Gasteiger partial charge in [0.05, 0.1) is 31.0 Å². The van der Waals surface area contributed by atoms with Gasteiger partial charge in [0.25, 0.3) is 11.9 Å². The number of ether oxygens (including phenoxy) is 3. The lowest BCUT2D eigenvalue weighted by Crippen LogP contribution is -2.58. The second-order valence-corrected chi connectivity index (χ2v) is 7.68. The Hall–Kier alpha value is -3.48. The summed E-state index contributed by atoms with van der Waals surface area (Å²) in [5, 5.41) is 2.50. The van der Waals surface area contributed by atoms with Crippen molar-refractivity contribution in [1.29, 1.82) is 0 Å². The van der Waals surface area contributed by atoms with Gasteiger partial charge < -0.3 is 25.3 Å². The minimum Gasteiger partial charge on any atom is -0.462 e. The van der Waals surface area contributed by atoms with Crippen molar-refractivity contribution in [2.24, 2.45) is 16.6 Å². The second-order valence-electron chi connectivity index (χ2n) is 7.68. The fourth-order valence-corrected chi connectivity index (χ4v) is 4.32. The Bertz CT molecular complexity index is 1070. The van der Waals surface area contributed by atoms with Crippen molar-refractivity contribution in [3.63, 3.8) is 0 Å². The van der Waals surface area contributed by atoms with E-state index in [1.165, 1.54) is 12.1 Å². The number of aromatic nitrogens is 2. The van der Waals surface area contributed by atoms with Gasteiger partial charge in [0.1, 0.15) is 36.5 Å². The Labute approximate surface area is 191 Å². The number of alkyl halides is 3. The number of benzene rings is 1. The van der Waals surface area contributed by atoms with Crippen LogP contribution < -0.4 is 15.8 Å². The third-order valence-electron chi connectivity index (χ3n) is 5.78. The SMILES string of the molecule is NC1=N[C@](CF)(c2cc(NC(=O)c3cnc(OCF)cn3)ccc2F)[C@H]2[C@H](CF)OCC[C@H]2O1. The summed E-state index contributed by atoms with van der Waals surface area (Å²) < 4.78 is 71.2. The molecule has 0 radical (unpaired) electrons. The summed E-state index contributed by atoms with van der Waals surface area (Å²) in [4.78, 5) is 24.2. The van der Waals surface area contributed by atoms with E-state index in [1.54, 1.807) is 0 Å². The highest BCUT2D eigenvalue weighted by Crippen LogP contribution is 2.47. The van der Waals surface area contributed by atoms with Crippen LogP contribution in [0.5, 0.6) is 5.88 Å². The predicted octanol–water partition coefficient (Wildman–Crippen LogP) is 2.43. The normalized spacial score (nSPS) is 26.1. The van der Waals surface area contributed by atoms with Crippen LogP contribution >= 0.6 is 0 Å². The van der Waals surface area contributed by atoms with Crippen LogP contribution in [0.1, 0.15) is 22.5 Å². The molecule has 3 heterocycles. The van der Waals surface area contributed by atoms with E-state index in [1.807, 2.05) is 0 Å². The average Bonchev–Trinajstić information content (AvgIpc) is 2.84. The van der Waals surface area contributed by atoms with E-state index in [0.717, 1.165) is 18.5 Å². The molecule has 3 N–H and O–H groups in total. The highest BCUT2D eigenvalue weighted by molar-refractivity contribution is 6.02. The number of amidine groups is 1. The molecule has 4 rings (SSSR count). The van der Waals surface area contributed by atoms with Gasteiger partial charge in [0.15, 0.2) is 0 Å². The number of aliphatic imine (C=N–C) groups is 1. The number of amides is 1. The molecule has 13 heteroatoms. The molecule has 34 heavy (non-hydrogen) atoms. The smallest absolute Gasteiger partial charge is 0.283 e. The molecule has 0 spiro atoms. The summed E-state index contributed by atoms with van der Waals surface area (Å²) in [7, 11) is 0. The van der Waals surface area contributed by atoms with E-state index < -0.39 is 55.6 Å². The molecule has 182 valence electrons. The van der Waals surface area contributed by atoms with Crippen molar-refractivity contribution in [1.82, 2.24) is 9.97 Å². The number of halogens is 4. The van der Waals surface area contributed by atoms with Gasteiger partial charge in [-0.25, -0.2) is 32.5 Å².